The van der Waals surface area contributed by atoms with Gasteiger partial charge in [0.25, 0.3) is 0 Å². The molecule has 0 fully saturated rings. The summed E-state index contributed by atoms with van der Waals surface area (Å²) in [7, 11) is 0. The first-order chi connectivity index (χ1) is 9.25. The zero-order valence-corrected chi connectivity index (χ0v) is 13.0. The van der Waals surface area contributed by atoms with Crippen LogP contribution in [-0.2, 0) is 0 Å². The summed E-state index contributed by atoms with van der Waals surface area (Å²) in [4.78, 5) is 0. The fraction of sp³-hybridized carbons (Fsp3) is 0.333. The zero-order chi connectivity index (χ0) is 15.2. The maximum absolute atomic E-state index is 10.3. The summed E-state index contributed by atoms with van der Waals surface area (Å²) in [5.41, 5.74) is 7.63. The van der Waals surface area contributed by atoms with Crippen molar-refractivity contribution in [3.63, 3.8) is 0 Å². The minimum atomic E-state index is 0.345. The van der Waals surface area contributed by atoms with Crippen LogP contribution < -0.4 is 0 Å². The number of aromatic hydroxyl groups is 2. The molecule has 0 saturated carbocycles. The maximum atomic E-state index is 10.3. The van der Waals surface area contributed by atoms with Crippen LogP contribution in [0.2, 0.25) is 0 Å². The highest BCUT2D eigenvalue weighted by molar-refractivity contribution is 5.77. The lowest BCUT2D eigenvalue weighted by molar-refractivity contribution is 0.465. The summed E-state index contributed by atoms with van der Waals surface area (Å²) in [6.45, 7) is 11.7. The van der Waals surface area contributed by atoms with Gasteiger partial charge in [-0.1, -0.05) is 12.1 Å². The van der Waals surface area contributed by atoms with E-state index >= 15 is 0 Å². The maximum Gasteiger partial charge on any atom is 0.122 e. The highest BCUT2D eigenvalue weighted by atomic mass is 16.3. The molecule has 0 aliphatic heterocycles. The van der Waals surface area contributed by atoms with Crippen LogP contribution in [0.5, 0.6) is 11.5 Å². The highest BCUT2D eigenvalue weighted by Gasteiger charge is 2.16. The lowest BCUT2D eigenvalue weighted by Crippen LogP contribution is -1.95. The Morgan fingerprint density at radius 2 is 0.850 bits per heavy atom. The number of benzene rings is 2. The van der Waals surface area contributed by atoms with Gasteiger partial charge in [-0.25, -0.2) is 0 Å². The second kappa shape index (κ2) is 4.86. The molecule has 2 aromatic carbocycles. The summed E-state index contributed by atoms with van der Waals surface area (Å²) in [5.74, 6) is 0.689. The van der Waals surface area contributed by atoms with Crippen LogP contribution in [0.25, 0.3) is 11.1 Å². The molecule has 2 aromatic rings. The van der Waals surface area contributed by atoms with Crippen LogP contribution in [0.15, 0.2) is 12.1 Å². The van der Waals surface area contributed by atoms with Gasteiger partial charge in [0.2, 0.25) is 0 Å². The molecule has 0 aliphatic carbocycles. The minimum absolute atomic E-state index is 0.345. The first-order valence-corrected chi connectivity index (χ1v) is 6.85. The molecule has 0 radical (unpaired) electrons. The molecule has 2 N–H and O–H groups in total. The summed E-state index contributed by atoms with van der Waals surface area (Å²) in [6.07, 6.45) is 0. The standard InChI is InChI=1S/C18H22O2/c1-9-7-15(13(5)17(19)11(9)3)16-8-10(2)12(4)18(20)14(16)6/h7-8,19-20H,1-6H3. The van der Waals surface area contributed by atoms with Crippen LogP contribution in [-0.4, -0.2) is 10.2 Å². The first-order valence-electron chi connectivity index (χ1n) is 6.85. The minimum Gasteiger partial charge on any atom is -0.507 e. The van der Waals surface area contributed by atoms with Crippen molar-refractivity contribution < 1.29 is 10.2 Å². The first kappa shape index (κ1) is 14.4. The van der Waals surface area contributed by atoms with Crippen molar-refractivity contribution in [3.05, 3.63) is 45.5 Å². The number of hydrogen-bond acceptors (Lipinski definition) is 2. The van der Waals surface area contributed by atoms with Crippen molar-refractivity contribution in [2.75, 3.05) is 0 Å². The van der Waals surface area contributed by atoms with Gasteiger partial charge in [-0.05, 0) is 86.1 Å². The summed E-state index contributed by atoms with van der Waals surface area (Å²) >= 11 is 0. The molecule has 2 nitrogen and oxygen atoms in total. The molecule has 2 rings (SSSR count). The number of phenols is 2. The van der Waals surface area contributed by atoms with E-state index in [2.05, 4.69) is 12.1 Å². The zero-order valence-electron chi connectivity index (χ0n) is 13.0. The van der Waals surface area contributed by atoms with Gasteiger partial charge in [0.15, 0.2) is 0 Å². The lowest BCUT2D eigenvalue weighted by Gasteiger charge is -2.17. The third kappa shape index (κ3) is 2.05. The highest BCUT2D eigenvalue weighted by Crippen LogP contribution is 2.39. The second-order valence-corrected chi connectivity index (χ2v) is 5.68. The van der Waals surface area contributed by atoms with E-state index in [0.717, 1.165) is 44.5 Å². The van der Waals surface area contributed by atoms with Crippen molar-refractivity contribution in [1.29, 1.82) is 0 Å². The molecule has 0 aliphatic rings. The quantitative estimate of drug-likeness (QED) is 0.794. The van der Waals surface area contributed by atoms with Crippen molar-refractivity contribution in [1.82, 2.24) is 0 Å². The Balaban J connectivity index is 2.83. The Bertz CT molecular complexity index is 636. The average Bonchev–Trinajstić information content (AvgIpc) is 2.42. The fourth-order valence-electron chi connectivity index (χ4n) is 2.62. The molecule has 0 saturated heterocycles. The summed E-state index contributed by atoms with van der Waals surface area (Å²) in [5, 5.41) is 20.5. The van der Waals surface area contributed by atoms with E-state index in [1.807, 2.05) is 41.5 Å². The van der Waals surface area contributed by atoms with Crippen LogP contribution in [0, 0.1) is 41.5 Å². The van der Waals surface area contributed by atoms with Gasteiger partial charge >= 0.3 is 0 Å². The Morgan fingerprint density at radius 1 is 0.550 bits per heavy atom. The predicted molar refractivity (Wildman–Crippen MR) is 83.6 cm³/mol. The smallest absolute Gasteiger partial charge is 0.122 e. The van der Waals surface area contributed by atoms with Gasteiger partial charge in [-0.2, -0.15) is 0 Å². The molecule has 0 bridgehead atoms. The van der Waals surface area contributed by atoms with Crippen molar-refractivity contribution in [2.24, 2.45) is 0 Å². The van der Waals surface area contributed by atoms with E-state index in [4.69, 9.17) is 0 Å². The van der Waals surface area contributed by atoms with E-state index in [0.29, 0.717) is 11.5 Å². The molecule has 0 heterocycles. The third-order valence-electron chi connectivity index (χ3n) is 4.42. The Hall–Kier alpha value is -1.96. The van der Waals surface area contributed by atoms with Gasteiger partial charge in [0.1, 0.15) is 11.5 Å². The van der Waals surface area contributed by atoms with Gasteiger partial charge in [0, 0.05) is 0 Å². The fourth-order valence-corrected chi connectivity index (χ4v) is 2.62. The summed E-state index contributed by atoms with van der Waals surface area (Å²) in [6, 6.07) is 4.17. The van der Waals surface area contributed by atoms with Gasteiger partial charge in [-0.3, -0.25) is 0 Å². The molecule has 0 spiro atoms. The molecule has 106 valence electrons. The predicted octanol–water partition coefficient (Wildman–Crippen LogP) is 4.62. The van der Waals surface area contributed by atoms with Crippen LogP contribution >= 0.6 is 0 Å². The molecular formula is C18H22O2. The van der Waals surface area contributed by atoms with E-state index in [9.17, 15) is 10.2 Å². The number of hydrogen-bond donors (Lipinski definition) is 2. The number of rotatable bonds is 1. The number of phenolic OH excluding ortho intramolecular Hbond substituents is 2. The molecule has 0 unspecified atom stereocenters. The van der Waals surface area contributed by atoms with Gasteiger partial charge < -0.3 is 10.2 Å². The van der Waals surface area contributed by atoms with E-state index in [1.54, 1.807) is 0 Å². The molecule has 0 aromatic heterocycles. The third-order valence-corrected chi connectivity index (χ3v) is 4.42. The van der Waals surface area contributed by atoms with Crippen LogP contribution in [0.4, 0.5) is 0 Å². The number of aryl methyl sites for hydroxylation is 2. The Labute approximate surface area is 120 Å². The largest absolute Gasteiger partial charge is 0.507 e. The van der Waals surface area contributed by atoms with E-state index in [1.165, 1.54) is 0 Å². The monoisotopic (exact) mass is 270 g/mol. The molecule has 20 heavy (non-hydrogen) atoms. The summed E-state index contributed by atoms with van der Waals surface area (Å²) < 4.78 is 0. The molecular weight excluding hydrogens is 248 g/mol. The van der Waals surface area contributed by atoms with E-state index in [-0.39, 0.29) is 0 Å². The molecule has 0 atom stereocenters. The Morgan fingerprint density at radius 3 is 1.15 bits per heavy atom. The van der Waals surface area contributed by atoms with Crippen molar-refractivity contribution >= 4 is 0 Å². The molecule has 0 amide bonds. The normalized spacial score (nSPS) is 10.9. The SMILES string of the molecule is Cc1cc(-c2cc(C)c(C)c(O)c2C)c(C)c(O)c1C. The van der Waals surface area contributed by atoms with E-state index < -0.39 is 0 Å². The average molecular weight is 270 g/mol. The van der Waals surface area contributed by atoms with Crippen LogP contribution in [0.1, 0.15) is 33.4 Å². The molecule has 2 heteroatoms. The van der Waals surface area contributed by atoms with Crippen LogP contribution in [0.3, 0.4) is 0 Å². The topological polar surface area (TPSA) is 40.5 Å². The Kier molecular flexibility index (Phi) is 3.51. The van der Waals surface area contributed by atoms with Crippen molar-refractivity contribution in [3.8, 4) is 22.6 Å². The van der Waals surface area contributed by atoms with Gasteiger partial charge in [-0.15, -0.1) is 0 Å². The van der Waals surface area contributed by atoms with Gasteiger partial charge in [0.05, 0.1) is 0 Å². The second-order valence-electron chi connectivity index (χ2n) is 5.68. The lowest BCUT2D eigenvalue weighted by atomic mass is 9.89. The van der Waals surface area contributed by atoms with Crippen molar-refractivity contribution in [2.45, 2.75) is 41.5 Å².